The lowest BCUT2D eigenvalue weighted by molar-refractivity contribution is -0.131. The van der Waals surface area contributed by atoms with Crippen molar-refractivity contribution < 1.29 is 14.3 Å². The summed E-state index contributed by atoms with van der Waals surface area (Å²) in [7, 11) is 0. The summed E-state index contributed by atoms with van der Waals surface area (Å²) in [6.07, 6.45) is 5.90. The second kappa shape index (κ2) is 6.94. The maximum absolute atomic E-state index is 12.8. The van der Waals surface area contributed by atoms with Crippen LogP contribution in [-0.4, -0.2) is 18.4 Å². The van der Waals surface area contributed by atoms with Crippen LogP contribution in [0.4, 0.5) is 0 Å². The molecule has 1 amide bonds. The molecular formula is C22H23NO3. The van der Waals surface area contributed by atoms with Crippen LogP contribution in [0.15, 0.2) is 48.5 Å². The molecule has 2 aromatic carbocycles. The molecule has 1 fully saturated rings. The maximum atomic E-state index is 12.8. The Morgan fingerprint density at radius 2 is 1.81 bits per heavy atom. The molecule has 0 aromatic heterocycles. The van der Waals surface area contributed by atoms with Crippen molar-refractivity contribution >= 4 is 11.9 Å². The second-order valence-electron chi connectivity index (χ2n) is 7.50. The van der Waals surface area contributed by atoms with Crippen molar-refractivity contribution in [2.45, 2.75) is 38.5 Å². The molecular weight excluding hydrogens is 326 g/mol. The summed E-state index contributed by atoms with van der Waals surface area (Å²) >= 11 is 0. The van der Waals surface area contributed by atoms with Crippen LogP contribution >= 0.6 is 0 Å². The Bertz CT molecular complexity index is 823. The lowest BCUT2D eigenvalue weighted by atomic mass is 9.80. The summed E-state index contributed by atoms with van der Waals surface area (Å²) in [6, 6.07) is 15.9. The van der Waals surface area contributed by atoms with E-state index >= 15 is 0 Å². The van der Waals surface area contributed by atoms with Gasteiger partial charge in [0.25, 0.3) is 5.91 Å². The van der Waals surface area contributed by atoms with Gasteiger partial charge < -0.3 is 10.1 Å². The predicted octanol–water partition coefficient (Wildman–Crippen LogP) is 3.68. The van der Waals surface area contributed by atoms with Gasteiger partial charge in [-0.1, -0.05) is 55.3 Å². The molecule has 1 aliphatic carbocycles. The number of ether oxygens (including phenoxy) is 1. The van der Waals surface area contributed by atoms with Gasteiger partial charge in [-0.3, -0.25) is 9.59 Å². The van der Waals surface area contributed by atoms with Crippen LogP contribution < -0.4 is 10.1 Å². The Kier molecular flexibility index (Phi) is 4.49. The molecule has 2 aromatic rings. The zero-order valence-electron chi connectivity index (χ0n) is 14.8. The standard InChI is InChI=1S/C22H23NO3/c24-19-13-17-9-6-10-18(20(17)26-19)21(25)23-15-22(11-4-5-12-22)14-16-7-2-1-3-8-16/h1-3,6-10H,4-5,11-15H2,(H,23,25). The fraction of sp³-hybridized carbons (Fsp3) is 0.364. The van der Waals surface area contributed by atoms with Gasteiger partial charge in [-0.25, -0.2) is 0 Å². The topological polar surface area (TPSA) is 55.4 Å². The van der Waals surface area contributed by atoms with Crippen molar-refractivity contribution in [3.63, 3.8) is 0 Å². The van der Waals surface area contributed by atoms with Crippen molar-refractivity contribution in [3.8, 4) is 5.75 Å². The lowest BCUT2D eigenvalue weighted by Crippen LogP contribution is -2.37. The number of benzene rings is 2. The molecule has 0 unspecified atom stereocenters. The zero-order chi connectivity index (χ0) is 18.0. The van der Waals surface area contributed by atoms with E-state index in [1.165, 1.54) is 18.4 Å². The highest BCUT2D eigenvalue weighted by Crippen LogP contribution is 2.40. The van der Waals surface area contributed by atoms with Gasteiger partial charge in [0.15, 0.2) is 0 Å². The summed E-state index contributed by atoms with van der Waals surface area (Å²) in [5.41, 5.74) is 2.69. The van der Waals surface area contributed by atoms with E-state index in [4.69, 9.17) is 4.74 Å². The van der Waals surface area contributed by atoms with E-state index in [0.717, 1.165) is 24.8 Å². The first-order valence-electron chi connectivity index (χ1n) is 9.30. The van der Waals surface area contributed by atoms with Crippen molar-refractivity contribution in [1.82, 2.24) is 5.32 Å². The number of carbonyl (C=O) groups is 2. The lowest BCUT2D eigenvalue weighted by Gasteiger charge is -2.29. The first kappa shape index (κ1) is 16.8. The van der Waals surface area contributed by atoms with E-state index in [9.17, 15) is 9.59 Å². The summed E-state index contributed by atoms with van der Waals surface area (Å²) in [4.78, 5) is 24.3. The van der Waals surface area contributed by atoms with Crippen molar-refractivity contribution in [3.05, 3.63) is 65.2 Å². The SMILES string of the molecule is O=C1Cc2cccc(C(=O)NCC3(Cc4ccccc4)CCCC3)c2O1. The Morgan fingerprint density at radius 1 is 1.04 bits per heavy atom. The van der Waals surface area contributed by atoms with Crippen LogP contribution in [0.2, 0.25) is 0 Å². The van der Waals surface area contributed by atoms with E-state index in [1.54, 1.807) is 6.07 Å². The number of para-hydroxylation sites is 1. The first-order valence-corrected chi connectivity index (χ1v) is 9.30. The van der Waals surface area contributed by atoms with Crippen LogP contribution in [0, 0.1) is 5.41 Å². The van der Waals surface area contributed by atoms with Gasteiger partial charge in [0, 0.05) is 12.1 Å². The molecule has 1 aliphatic heterocycles. The van der Waals surface area contributed by atoms with Gasteiger partial charge in [-0.05, 0) is 36.3 Å². The van der Waals surface area contributed by atoms with Gasteiger partial charge in [0.2, 0.25) is 0 Å². The molecule has 1 N–H and O–H groups in total. The van der Waals surface area contributed by atoms with Crippen LogP contribution in [-0.2, 0) is 17.6 Å². The number of amides is 1. The molecule has 2 aliphatic rings. The minimum atomic E-state index is -0.295. The molecule has 134 valence electrons. The van der Waals surface area contributed by atoms with E-state index < -0.39 is 0 Å². The highest BCUT2D eigenvalue weighted by molar-refractivity contribution is 5.99. The average molecular weight is 349 g/mol. The highest BCUT2D eigenvalue weighted by atomic mass is 16.5. The van der Waals surface area contributed by atoms with E-state index in [0.29, 0.717) is 17.9 Å². The number of esters is 1. The summed E-state index contributed by atoms with van der Waals surface area (Å²) in [5.74, 6) is -0.0222. The van der Waals surface area contributed by atoms with Crippen molar-refractivity contribution in [2.24, 2.45) is 5.41 Å². The molecule has 0 radical (unpaired) electrons. The quantitative estimate of drug-likeness (QED) is 0.662. The fourth-order valence-electron chi connectivity index (χ4n) is 4.26. The Balaban J connectivity index is 1.48. The molecule has 4 rings (SSSR count). The monoisotopic (exact) mass is 349 g/mol. The summed E-state index contributed by atoms with van der Waals surface area (Å²) < 4.78 is 5.25. The van der Waals surface area contributed by atoms with Crippen LogP contribution in [0.1, 0.15) is 47.2 Å². The van der Waals surface area contributed by atoms with Gasteiger partial charge in [-0.15, -0.1) is 0 Å². The molecule has 1 heterocycles. The third-order valence-corrected chi connectivity index (χ3v) is 5.60. The minimum absolute atomic E-state index is 0.117. The normalized spacial score (nSPS) is 17.6. The van der Waals surface area contributed by atoms with E-state index in [1.807, 2.05) is 18.2 Å². The summed E-state index contributed by atoms with van der Waals surface area (Å²) in [5, 5.41) is 3.12. The molecule has 0 bridgehead atoms. The molecule has 0 spiro atoms. The number of hydrogen-bond acceptors (Lipinski definition) is 3. The third kappa shape index (κ3) is 3.36. The third-order valence-electron chi connectivity index (χ3n) is 5.60. The van der Waals surface area contributed by atoms with Gasteiger partial charge in [0.1, 0.15) is 5.75 Å². The molecule has 4 heteroatoms. The smallest absolute Gasteiger partial charge is 0.315 e. The summed E-state index contributed by atoms with van der Waals surface area (Å²) in [6.45, 7) is 0.651. The van der Waals surface area contributed by atoms with Crippen molar-refractivity contribution in [2.75, 3.05) is 6.54 Å². The van der Waals surface area contributed by atoms with Crippen LogP contribution in [0.5, 0.6) is 5.75 Å². The second-order valence-corrected chi connectivity index (χ2v) is 7.50. The van der Waals surface area contributed by atoms with Gasteiger partial charge >= 0.3 is 5.97 Å². The Morgan fingerprint density at radius 3 is 2.58 bits per heavy atom. The Labute approximate surface area is 153 Å². The number of rotatable bonds is 5. The van der Waals surface area contributed by atoms with Crippen LogP contribution in [0.25, 0.3) is 0 Å². The predicted molar refractivity (Wildman–Crippen MR) is 99.2 cm³/mol. The minimum Gasteiger partial charge on any atom is -0.425 e. The van der Waals surface area contributed by atoms with E-state index in [2.05, 4.69) is 29.6 Å². The molecule has 1 saturated carbocycles. The molecule has 0 atom stereocenters. The zero-order valence-corrected chi connectivity index (χ0v) is 14.8. The molecule has 0 saturated heterocycles. The number of carbonyl (C=O) groups excluding carboxylic acids is 2. The van der Waals surface area contributed by atoms with Crippen molar-refractivity contribution in [1.29, 1.82) is 0 Å². The first-order chi connectivity index (χ1) is 12.7. The maximum Gasteiger partial charge on any atom is 0.315 e. The van der Waals surface area contributed by atoms with E-state index in [-0.39, 0.29) is 23.7 Å². The van der Waals surface area contributed by atoms with Crippen LogP contribution in [0.3, 0.4) is 0 Å². The number of fused-ring (bicyclic) bond motifs is 1. The molecule has 26 heavy (non-hydrogen) atoms. The Hall–Kier alpha value is -2.62. The fourth-order valence-corrected chi connectivity index (χ4v) is 4.26. The van der Waals surface area contributed by atoms with Gasteiger partial charge in [-0.2, -0.15) is 0 Å². The largest absolute Gasteiger partial charge is 0.425 e. The van der Waals surface area contributed by atoms with Gasteiger partial charge in [0.05, 0.1) is 12.0 Å². The number of nitrogens with one attached hydrogen (secondary N) is 1. The average Bonchev–Trinajstić information content (AvgIpc) is 3.26. The number of hydrogen-bond donors (Lipinski definition) is 1. The molecule has 4 nitrogen and oxygen atoms in total. The highest BCUT2D eigenvalue weighted by Gasteiger charge is 2.35.